The summed E-state index contributed by atoms with van der Waals surface area (Å²) in [5.74, 6) is 2.15. The average Bonchev–Trinajstić information content (AvgIpc) is 2.89. The molecule has 1 spiro atoms. The summed E-state index contributed by atoms with van der Waals surface area (Å²) in [7, 11) is 0. The van der Waals surface area contributed by atoms with Gasteiger partial charge >= 0.3 is 0 Å². The van der Waals surface area contributed by atoms with Crippen molar-refractivity contribution >= 4 is 16.9 Å². The number of nitrogens with one attached hydrogen (secondary N) is 1. The van der Waals surface area contributed by atoms with E-state index >= 15 is 0 Å². The van der Waals surface area contributed by atoms with Crippen molar-refractivity contribution in [1.82, 2.24) is 5.32 Å². The fourth-order valence-electron chi connectivity index (χ4n) is 3.53. The van der Waals surface area contributed by atoms with E-state index < -0.39 is 0 Å². The molecule has 0 radical (unpaired) electrons. The zero-order chi connectivity index (χ0) is 11.7. The molecule has 3 rings (SSSR count). The Hall–Kier alpha value is -0.180. The molecule has 1 saturated heterocycles. The van der Waals surface area contributed by atoms with Crippen LogP contribution in [0.25, 0.3) is 0 Å². The number of amidine groups is 1. The van der Waals surface area contributed by atoms with Crippen molar-refractivity contribution in [2.75, 3.05) is 5.75 Å². The van der Waals surface area contributed by atoms with Crippen LogP contribution in [0.4, 0.5) is 0 Å². The number of hydrogen-bond acceptors (Lipinski definition) is 2. The van der Waals surface area contributed by atoms with Crippen molar-refractivity contribution in [3.63, 3.8) is 0 Å². The molecular formula is C14H24N2S. The summed E-state index contributed by atoms with van der Waals surface area (Å²) >= 11 is 1.97. The quantitative estimate of drug-likeness (QED) is 0.771. The van der Waals surface area contributed by atoms with Crippen LogP contribution in [0.15, 0.2) is 4.99 Å². The molecule has 1 heterocycles. The molecule has 1 aliphatic heterocycles. The first kappa shape index (κ1) is 11.9. The molecule has 0 aromatic heterocycles. The molecule has 0 aromatic rings. The summed E-state index contributed by atoms with van der Waals surface area (Å²) in [6.45, 7) is 2.36. The van der Waals surface area contributed by atoms with Crippen molar-refractivity contribution in [1.29, 1.82) is 0 Å². The maximum absolute atomic E-state index is 4.94. The Balaban J connectivity index is 1.61. The first-order valence-corrected chi connectivity index (χ1v) is 8.23. The highest BCUT2D eigenvalue weighted by atomic mass is 32.2. The Bertz CT molecular complexity index is 307. The molecule has 96 valence electrons. The summed E-state index contributed by atoms with van der Waals surface area (Å²) in [4.78, 5) is 4.94. The second-order valence-corrected chi connectivity index (χ2v) is 7.23. The third-order valence-electron chi connectivity index (χ3n) is 4.63. The smallest absolute Gasteiger partial charge is 0.157 e. The second kappa shape index (κ2) is 4.83. The molecule has 2 atom stereocenters. The zero-order valence-electron chi connectivity index (χ0n) is 10.9. The van der Waals surface area contributed by atoms with Crippen molar-refractivity contribution in [3.05, 3.63) is 0 Å². The third-order valence-corrected chi connectivity index (χ3v) is 5.81. The topological polar surface area (TPSA) is 24.4 Å². The lowest BCUT2D eigenvalue weighted by molar-refractivity contribution is 0.303. The predicted octanol–water partition coefficient (Wildman–Crippen LogP) is 3.57. The van der Waals surface area contributed by atoms with Crippen LogP contribution in [0.1, 0.15) is 58.3 Å². The first-order chi connectivity index (χ1) is 8.26. The second-order valence-electron chi connectivity index (χ2n) is 6.26. The van der Waals surface area contributed by atoms with Crippen LogP contribution in [0, 0.1) is 5.92 Å². The largest absolute Gasteiger partial charge is 0.359 e. The fraction of sp³-hybridized carbons (Fsp3) is 0.929. The van der Waals surface area contributed by atoms with Crippen molar-refractivity contribution in [3.8, 4) is 0 Å². The Morgan fingerprint density at radius 2 is 2.06 bits per heavy atom. The van der Waals surface area contributed by atoms with E-state index in [1.807, 2.05) is 11.8 Å². The lowest BCUT2D eigenvalue weighted by atomic mass is 9.83. The van der Waals surface area contributed by atoms with E-state index in [1.165, 1.54) is 62.3 Å². The van der Waals surface area contributed by atoms with Gasteiger partial charge in [0.15, 0.2) is 5.17 Å². The molecule has 2 aliphatic carbocycles. The zero-order valence-corrected chi connectivity index (χ0v) is 11.7. The minimum atomic E-state index is 0.423. The maximum atomic E-state index is 4.94. The highest BCUT2D eigenvalue weighted by molar-refractivity contribution is 8.14. The summed E-state index contributed by atoms with van der Waals surface area (Å²) in [6.07, 6.45) is 10.9. The molecule has 1 N–H and O–H groups in total. The minimum absolute atomic E-state index is 0.423. The van der Waals surface area contributed by atoms with Crippen molar-refractivity contribution in [2.45, 2.75) is 69.9 Å². The van der Waals surface area contributed by atoms with Crippen LogP contribution >= 0.6 is 11.8 Å². The summed E-state index contributed by atoms with van der Waals surface area (Å²) < 4.78 is 0. The number of rotatable bonds is 1. The van der Waals surface area contributed by atoms with Gasteiger partial charge in [0.25, 0.3) is 0 Å². The highest BCUT2D eigenvalue weighted by Gasteiger charge is 2.38. The summed E-state index contributed by atoms with van der Waals surface area (Å²) in [5.41, 5.74) is 0.423. The Morgan fingerprint density at radius 3 is 2.76 bits per heavy atom. The van der Waals surface area contributed by atoms with Crippen LogP contribution in [0.2, 0.25) is 0 Å². The SMILES string of the molecule is CC1CCC(N=C2NC3(CCCCC3)CS2)C1. The van der Waals surface area contributed by atoms with E-state index in [-0.39, 0.29) is 0 Å². The molecule has 3 aliphatic rings. The van der Waals surface area contributed by atoms with E-state index in [2.05, 4.69) is 12.2 Å². The van der Waals surface area contributed by atoms with Gasteiger partial charge in [-0.05, 0) is 38.0 Å². The molecule has 0 bridgehead atoms. The minimum Gasteiger partial charge on any atom is -0.359 e. The molecule has 0 aromatic carbocycles. The predicted molar refractivity (Wildman–Crippen MR) is 75.6 cm³/mol. The molecule has 3 heteroatoms. The van der Waals surface area contributed by atoms with Gasteiger partial charge in [0.05, 0.1) is 6.04 Å². The van der Waals surface area contributed by atoms with E-state index in [9.17, 15) is 0 Å². The molecule has 2 nitrogen and oxygen atoms in total. The molecule has 2 unspecified atom stereocenters. The van der Waals surface area contributed by atoms with E-state index in [4.69, 9.17) is 4.99 Å². The van der Waals surface area contributed by atoms with Crippen LogP contribution in [0.5, 0.6) is 0 Å². The highest BCUT2D eigenvalue weighted by Crippen LogP contribution is 2.37. The molecular weight excluding hydrogens is 228 g/mol. The van der Waals surface area contributed by atoms with Crippen LogP contribution in [-0.4, -0.2) is 22.5 Å². The lowest BCUT2D eigenvalue weighted by Crippen LogP contribution is -2.45. The van der Waals surface area contributed by atoms with Crippen LogP contribution in [-0.2, 0) is 0 Å². The van der Waals surface area contributed by atoms with Gasteiger partial charge in [0, 0.05) is 11.3 Å². The molecule has 0 amide bonds. The number of nitrogens with zero attached hydrogens (tertiary/aromatic N) is 1. The molecule has 3 fully saturated rings. The van der Waals surface area contributed by atoms with Crippen molar-refractivity contribution in [2.24, 2.45) is 10.9 Å². The summed E-state index contributed by atoms with van der Waals surface area (Å²) in [5, 5.41) is 5.02. The van der Waals surface area contributed by atoms with Gasteiger partial charge in [0.2, 0.25) is 0 Å². The van der Waals surface area contributed by atoms with E-state index in [1.54, 1.807) is 0 Å². The number of hydrogen-bond donors (Lipinski definition) is 1. The van der Waals surface area contributed by atoms with E-state index in [0.29, 0.717) is 11.6 Å². The molecule has 17 heavy (non-hydrogen) atoms. The summed E-state index contributed by atoms with van der Waals surface area (Å²) in [6, 6.07) is 0.610. The van der Waals surface area contributed by atoms with Gasteiger partial charge in [-0.2, -0.15) is 0 Å². The monoisotopic (exact) mass is 252 g/mol. The van der Waals surface area contributed by atoms with E-state index in [0.717, 1.165) is 5.92 Å². The van der Waals surface area contributed by atoms with Gasteiger partial charge in [-0.15, -0.1) is 0 Å². The maximum Gasteiger partial charge on any atom is 0.157 e. The third kappa shape index (κ3) is 2.64. The van der Waals surface area contributed by atoms with Gasteiger partial charge in [-0.3, -0.25) is 4.99 Å². The van der Waals surface area contributed by atoms with Crippen LogP contribution < -0.4 is 5.32 Å². The standard InChI is InChI=1S/C14H24N2S/c1-11-5-6-12(9-11)15-13-16-14(10-17-13)7-3-2-4-8-14/h11-12H,2-10H2,1H3,(H,15,16). The number of aliphatic imine (C=N–C) groups is 1. The van der Waals surface area contributed by atoms with Gasteiger partial charge < -0.3 is 5.32 Å². The molecule has 2 saturated carbocycles. The van der Waals surface area contributed by atoms with Gasteiger partial charge in [0.1, 0.15) is 0 Å². The first-order valence-electron chi connectivity index (χ1n) is 7.25. The van der Waals surface area contributed by atoms with Crippen molar-refractivity contribution < 1.29 is 0 Å². The van der Waals surface area contributed by atoms with Gasteiger partial charge in [-0.25, -0.2) is 0 Å². The lowest BCUT2D eigenvalue weighted by Gasteiger charge is -2.32. The van der Waals surface area contributed by atoms with Gasteiger partial charge in [-0.1, -0.05) is 37.9 Å². The average molecular weight is 252 g/mol. The normalized spacial score (nSPS) is 38.8. The fourth-order valence-corrected chi connectivity index (χ4v) is 4.82. The van der Waals surface area contributed by atoms with Crippen LogP contribution in [0.3, 0.4) is 0 Å². The Kier molecular flexibility index (Phi) is 3.38. The Morgan fingerprint density at radius 1 is 1.24 bits per heavy atom. The Labute approximate surface area is 109 Å². The number of thioether (sulfide) groups is 1.